The Kier molecular flexibility index (Phi) is 4.52. The first kappa shape index (κ1) is 17.1. The maximum atomic E-state index is 13.4. The standard InChI is InChI=1S/C20H15F2N3O2/c21-15-1-4-18(5-2-15)27-12-17-10-25-9-14(8-23-20(25)24-17)19-6-3-16(22)7-13(19)11-26/h1-10,26H,11-12H2. The lowest BCUT2D eigenvalue weighted by Gasteiger charge is -2.07. The third-order valence-corrected chi connectivity index (χ3v) is 4.11. The molecule has 0 fully saturated rings. The van der Waals surface area contributed by atoms with Crippen molar-refractivity contribution >= 4 is 5.78 Å². The fraction of sp³-hybridized carbons (Fsp3) is 0.100. The van der Waals surface area contributed by atoms with E-state index in [2.05, 4.69) is 9.97 Å². The monoisotopic (exact) mass is 367 g/mol. The van der Waals surface area contributed by atoms with E-state index in [1.807, 2.05) is 6.20 Å². The minimum Gasteiger partial charge on any atom is -0.487 e. The van der Waals surface area contributed by atoms with Gasteiger partial charge in [-0.1, -0.05) is 6.07 Å². The third kappa shape index (κ3) is 3.63. The molecular formula is C20H15F2N3O2. The maximum absolute atomic E-state index is 13.4. The average Bonchev–Trinajstić information content (AvgIpc) is 3.09. The summed E-state index contributed by atoms with van der Waals surface area (Å²) in [6, 6.07) is 10.0. The summed E-state index contributed by atoms with van der Waals surface area (Å²) in [5.74, 6) is 0.305. The highest BCUT2D eigenvalue weighted by molar-refractivity contribution is 5.66. The van der Waals surface area contributed by atoms with Gasteiger partial charge in [0.1, 0.15) is 24.0 Å². The minimum atomic E-state index is -0.403. The van der Waals surface area contributed by atoms with Crippen LogP contribution in [-0.4, -0.2) is 19.5 Å². The van der Waals surface area contributed by atoms with Crippen molar-refractivity contribution < 1.29 is 18.6 Å². The smallest absolute Gasteiger partial charge is 0.234 e. The van der Waals surface area contributed by atoms with E-state index in [1.54, 1.807) is 35.0 Å². The number of hydrogen-bond donors (Lipinski definition) is 1. The Bertz CT molecular complexity index is 1090. The number of benzene rings is 2. The molecule has 0 aliphatic rings. The van der Waals surface area contributed by atoms with Gasteiger partial charge in [-0.15, -0.1) is 0 Å². The molecule has 0 unspecified atom stereocenters. The molecule has 27 heavy (non-hydrogen) atoms. The second kappa shape index (κ2) is 7.13. The van der Waals surface area contributed by atoms with Crippen LogP contribution >= 0.6 is 0 Å². The van der Waals surface area contributed by atoms with E-state index in [0.29, 0.717) is 28.3 Å². The lowest BCUT2D eigenvalue weighted by atomic mass is 10.0. The number of fused-ring (bicyclic) bond motifs is 1. The molecule has 0 atom stereocenters. The summed E-state index contributed by atoms with van der Waals surface area (Å²) in [7, 11) is 0. The summed E-state index contributed by atoms with van der Waals surface area (Å²) >= 11 is 0. The van der Waals surface area contributed by atoms with Crippen LogP contribution in [0.25, 0.3) is 16.9 Å². The van der Waals surface area contributed by atoms with Crippen LogP contribution in [0.15, 0.2) is 61.1 Å². The van der Waals surface area contributed by atoms with Crippen molar-refractivity contribution in [2.45, 2.75) is 13.2 Å². The van der Waals surface area contributed by atoms with E-state index in [4.69, 9.17) is 4.74 Å². The number of nitrogens with zero attached hydrogens (tertiary/aromatic N) is 3. The summed E-state index contributed by atoms with van der Waals surface area (Å²) in [5, 5.41) is 9.47. The van der Waals surface area contributed by atoms with Gasteiger partial charge in [0.25, 0.3) is 0 Å². The number of rotatable bonds is 5. The van der Waals surface area contributed by atoms with E-state index in [0.717, 1.165) is 5.56 Å². The second-order valence-corrected chi connectivity index (χ2v) is 5.98. The molecule has 4 rings (SSSR count). The molecule has 136 valence electrons. The SMILES string of the molecule is OCc1cc(F)ccc1-c1cnc2nc(COc3ccc(F)cc3)cn2c1. The summed E-state index contributed by atoms with van der Waals surface area (Å²) < 4.78 is 33.6. The highest BCUT2D eigenvalue weighted by atomic mass is 19.1. The third-order valence-electron chi connectivity index (χ3n) is 4.11. The van der Waals surface area contributed by atoms with Crippen LogP contribution in [-0.2, 0) is 13.2 Å². The van der Waals surface area contributed by atoms with E-state index in [-0.39, 0.29) is 19.0 Å². The van der Waals surface area contributed by atoms with Crippen molar-refractivity contribution in [3.8, 4) is 16.9 Å². The number of ether oxygens (including phenoxy) is 1. The summed E-state index contributed by atoms with van der Waals surface area (Å²) in [4.78, 5) is 8.69. The summed E-state index contributed by atoms with van der Waals surface area (Å²) in [6.07, 6.45) is 5.21. The second-order valence-electron chi connectivity index (χ2n) is 5.98. The minimum absolute atomic E-state index is 0.211. The number of halogens is 2. The zero-order valence-electron chi connectivity index (χ0n) is 14.1. The van der Waals surface area contributed by atoms with Crippen molar-refractivity contribution in [3.05, 3.63) is 83.9 Å². The predicted molar refractivity (Wildman–Crippen MR) is 95.0 cm³/mol. The largest absolute Gasteiger partial charge is 0.487 e. The Labute approximate surface area is 153 Å². The molecule has 0 aliphatic carbocycles. The van der Waals surface area contributed by atoms with Crippen LogP contribution in [0.2, 0.25) is 0 Å². The maximum Gasteiger partial charge on any atom is 0.234 e. The Hall–Kier alpha value is -3.32. The van der Waals surface area contributed by atoms with E-state index in [9.17, 15) is 13.9 Å². The van der Waals surface area contributed by atoms with Crippen LogP contribution < -0.4 is 4.74 Å². The fourth-order valence-electron chi connectivity index (χ4n) is 2.81. The van der Waals surface area contributed by atoms with Gasteiger partial charge < -0.3 is 9.84 Å². The van der Waals surface area contributed by atoms with Crippen LogP contribution in [0.1, 0.15) is 11.3 Å². The highest BCUT2D eigenvalue weighted by Crippen LogP contribution is 2.24. The number of aromatic nitrogens is 3. The quantitative estimate of drug-likeness (QED) is 0.584. The van der Waals surface area contributed by atoms with E-state index < -0.39 is 5.82 Å². The molecule has 0 aliphatic heterocycles. The van der Waals surface area contributed by atoms with Gasteiger partial charge in [-0.2, -0.15) is 0 Å². The molecule has 2 aromatic heterocycles. The van der Waals surface area contributed by atoms with E-state index in [1.165, 1.54) is 24.3 Å². The normalized spacial score (nSPS) is 11.1. The number of imidazole rings is 1. The fourth-order valence-corrected chi connectivity index (χ4v) is 2.81. The van der Waals surface area contributed by atoms with Gasteiger partial charge in [0.05, 0.1) is 12.3 Å². The molecule has 0 saturated carbocycles. The zero-order valence-corrected chi connectivity index (χ0v) is 14.1. The lowest BCUT2D eigenvalue weighted by molar-refractivity contribution is 0.282. The molecule has 0 amide bonds. The topological polar surface area (TPSA) is 59.7 Å². The average molecular weight is 367 g/mol. The molecule has 2 heterocycles. The molecule has 5 nitrogen and oxygen atoms in total. The number of aliphatic hydroxyl groups excluding tert-OH is 1. The first-order valence-electron chi connectivity index (χ1n) is 8.24. The van der Waals surface area contributed by atoms with Crippen molar-refractivity contribution in [2.75, 3.05) is 0 Å². The van der Waals surface area contributed by atoms with Gasteiger partial charge in [-0.3, -0.25) is 4.40 Å². The molecule has 0 spiro atoms. The van der Waals surface area contributed by atoms with Crippen LogP contribution in [0, 0.1) is 11.6 Å². The van der Waals surface area contributed by atoms with Gasteiger partial charge in [-0.05, 0) is 47.5 Å². The first-order valence-corrected chi connectivity index (χ1v) is 8.24. The first-order chi connectivity index (χ1) is 13.1. The number of hydrogen-bond acceptors (Lipinski definition) is 4. The van der Waals surface area contributed by atoms with Crippen LogP contribution in [0.3, 0.4) is 0 Å². The molecule has 0 radical (unpaired) electrons. The van der Waals surface area contributed by atoms with Crippen LogP contribution in [0.5, 0.6) is 5.75 Å². The van der Waals surface area contributed by atoms with Gasteiger partial charge in [0.15, 0.2) is 0 Å². The Morgan fingerprint density at radius 3 is 2.56 bits per heavy atom. The summed E-state index contributed by atoms with van der Waals surface area (Å²) in [6.45, 7) is -0.0609. The molecule has 0 bridgehead atoms. The number of aliphatic hydroxyl groups is 1. The summed E-state index contributed by atoms with van der Waals surface area (Å²) in [5.41, 5.74) is 2.57. The van der Waals surface area contributed by atoms with Gasteiger partial charge in [0.2, 0.25) is 5.78 Å². The zero-order chi connectivity index (χ0) is 18.8. The van der Waals surface area contributed by atoms with Crippen LogP contribution in [0.4, 0.5) is 8.78 Å². The van der Waals surface area contributed by atoms with Crippen molar-refractivity contribution in [1.29, 1.82) is 0 Å². The molecule has 7 heteroatoms. The van der Waals surface area contributed by atoms with Crippen molar-refractivity contribution in [1.82, 2.24) is 14.4 Å². The van der Waals surface area contributed by atoms with Gasteiger partial charge >= 0.3 is 0 Å². The van der Waals surface area contributed by atoms with Gasteiger partial charge in [-0.25, -0.2) is 18.7 Å². The molecule has 2 aromatic carbocycles. The molecule has 0 saturated heterocycles. The molecular weight excluding hydrogens is 352 g/mol. The highest BCUT2D eigenvalue weighted by Gasteiger charge is 2.10. The Morgan fingerprint density at radius 2 is 1.78 bits per heavy atom. The van der Waals surface area contributed by atoms with Crippen molar-refractivity contribution in [3.63, 3.8) is 0 Å². The van der Waals surface area contributed by atoms with E-state index >= 15 is 0 Å². The molecule has 4 aromatic rings. The molecule has 1 N–H and O–H groups in total. The Balaban J connectivity index is 1.59. The lowest BCUT2D eigenvalue weighted by Crippen LogP contribution is -1.95. The van der Waals surface area contributed by atoms with Crippen molar-refractivity contribution in [2.24, 2.45) is 0 Å². The Morgan fingerprint density at radius 1 is 1.00 bits per heavy atom. The predicted octanol–water partition coefficient (Wildman–Crippen LogP) is 3.75. The van der Waals surface area contributed by atoms with Gasteiger partial charge in [0, 0.05) is 24.2 Å².